The van der Waals surface area contributed by atoms with Gasteiger partial charge in [0.2, 0.25) is 0 Å². The summed E-state index contributed by atoms with van der Waals surface area (Å²) in [5.74, 6) is -0.225. The van der Waals surface area contributed by atoms with Crippen molar-refractivity contribution in [3.8, 4) is 0 Å². The number of halogens is 2. The Balaban J connectivity index is 1.42. The van der Waals surface area contributed by atoms with Crippen LogP contribution in [0.5, 0.6) is 0 Å². The molecule has 1 fully saturated rings. The summed E-state index contributed by atoms with van der Waals surface area (Å²) in [6.45, 7) is 4.53. The second-order valence-electron chi connectivity index (χ2n) is 9.48. The standard InChI is InChI=1S/C28H38ClIN5O3S/c1-20-18-30-35(20)16-15-32-27(39)25(34-26(36)24(31)17-21-9-3-2-4-10-21)13-7-8-14-33-28(37)38-19-22-11-5-6-12-23(22)29/h2-6,9-12,20,24-25H,7-8,13-19,31H2,1H3,(H,32,39)(H,33,37)(H,34,36)/q-1/t20-,24?,25?/m0/s1. The molecule has 3 rings (SSSR count). The number of rotatable bonds is 15. The Kier molecular flexibility index (Phi) is 13.7. The number of alkyl halides is 1. The smallest absolute Gasteiger partial charge is 0.0622 e. The van der Waals surface area contributed by atoms with Crippen molar-refractivity contribution in [2.45, 2.75) is 57.3 Å². The van der Waals surface area contributed by atoms with E-state index >= 15 is 0 Å². The molecule has 3 atom stereocenters. The van der Waals surface area contributed by atoms with Crippen LogP contribution in [-0.2, 0) is 22.6 Å². The number of carbonyl (C=O) groups is 2. The Morgan fingerprint density at radius 1 is 1.13 bits per heavy atom. The number of nitrogens with zero attached hydrogens (tertiary/aromatic N) is 1. The van der Waals surface area contributed by atoms with Crippen molar-refractivity contribution < 1.29 is 35.8 Å². The van der Waals surface area contributed by atoms with E-state index in [1.807, 2.05) is 48.5 Å². The number of carbonyl (C=O) groups excluding carboxylic acids is 2. The van der Waals surface area contributed by atoms with Crippen molar-refractivity contribution in [1.82, 2.24) is 19.1 Å². The molecule has 1 aliphatic rings. The molecule has 0 spiro atoms. The first kappa shape index (κ1) is 31.5. The van der Waals surface area contributed by atoms with Crippen molar-refractivity contribution in [3.63, 3.8) is 0 Å². The summed E-state index contributed by atoms with van der Waals surface area (Å²) < 4.78 is 9.09. The van der Waals surface area contributed by atoms with Crippen molar-refractivity contribution in [2.75, 3.05) is 24.1 Å². The summed E-state index contributed by atoms with van der Waals surface area (Å²) in [6.07, 6.45) is 2.06. The topological polar surface area (TPSA) is 109 Å². The Labute approximate surface area is 252 Å². The number of hydrogen-bond donors (Lipinski definition) is 4. The average molecular weight is 687 g/mol. The summed E-state index contributed by atoms with van der Waals surface area (Å²) in [5.41, 5.74) is 7.98. The molecule has 1 saturated heterocycles. The van der Waals surface area contributed by atoms with Crippen LogP contribution in [0.4, 0.5) is 4.79 Å². The third kappa shape index (κ3) is 11.2. The van der Waals surface area contributed by atoms with Crippen LogP contribution in [0.1, 0.15) is 37.3 Å². The zero-order valence-corrected chi connectivity index (χ0v) is 25.9. The average Bonchev–Trinajstić information content (AvgIpc) is 2.93. The van der Waals surface area contributed by atoms with Gasteiger partial charge in [0.15, 0.2) is 0 Å². The number of amides is 2. The number of ether oxygens (including phenoxy) is 1. The van der Waals surface area contributed by atoms with Gasteiger partial charge in [-0.1, -0.05) is 48.0 Å². The monoisotopic (exact) mass is 686 g/mol. The summed E-state index contributed by atoms with van der Waals surface area (Å²) in [7, 11) is 0. The minimum Gasteiger partial charge on any atom is -0.0622 e. The number of nitrogens with two attached hydrogens (primary N) is 1. The maximum atomic E-state index is 12.9. The van der Waals surface area contributed by atoms with Gasteiger partial charge >= 0.3 is 173 Å². The van der Waals surface area contributed by atoms with Gasteiger partial charge in [-0.05, 0) is 6.07 Å². The Hall–Kier alpha value is -1.99. The molecular formula is C28H38ClIN5O3S-. The summed E-state index contributed by atoms with van der Waals surface area (Å²) in [4.78, 5) is 25.6. The van der Waals surface area contributed by atoms with E-state index in [-0.39, 0.29) is 40.0 Å². The first-order valence-corrected chi connectivity index (χ1v) is 16.5. The summed E-state index contributed by atoms with van der Waals surface area (Å²) >= 11 is 11.9. The van der Waals surface area contributed by atoms with Gasteiger partial charge in [0.05, 0.1) is 0 Å². The van der Waals surface area contributed by atoms with Crippen molar-refractivity contribution >= 4 is 40.8 Å². The van der Waals surface area contributed by atoms with Gasteiger partial charge < -0.3 is 4.74 Å². The Bertz CT molecular complexity index is 1080. The first-order valence-electron chi connectivity index (χ1n) is 13.2. The quantitative estimate of drug-likeness (QED) is 0.0708. The van der Waals surface area contributed by atoms with E-state index < -0.39 is 12.1 Å². The predicted octanol–water partition coefficient (Wildman–Crippen LogP) is 0.416. The van der Waals surface area contributed by atoms with E-state index in [0.29, 0.717) is 41.9 Å². The second kappa shape index (κ2) is 17.0. The molecule has 0 aliphatic carbocycles. The fourth-order valence-corrected chi connectivity index (χ4v) is 6.77. The Morgan fingerprint density at radius 2 is 1.87 bits per heavy atom. The van der Waals surface area contributed by atoms with E-state index in [9.17, 15) is 9.59 Å². The number of benzene rings is 2. The van der Waals surface area contributed by atoms with Gasteiger partial charge in [0, 0.05) is 10.6 Å². The number of alkyl carbamates (subject to hydrolysis) is 1. The molecule has 39 heavy (non-hydrogen) atoms. The predicted molar refractivity (Wildman–Crippen MR) is 155 cm³/mol. The van der Waals surface area contributed by atoms with Crippen LogP contribution in [0.2, 0.25) is 5.02 Å². The second-order valence-corrected chi connectivity index (χ2v) is 13.1. The van der Waals surface area contributed by atoms with E-state index in [1.54, 1.807) is 6.07 Å². The van der Waals surface area contributed by atoms with Crippen LogP contribution in [0.25, 0.3) is 0 Å². The molecule has 5 N–H and O–H groups in total. The molecule has 0 bridgehead atoms. The molecule has 2 aromatic rings. The molecule has 0 saturated carbocycles. The molecular weight excluding hydrogens is 649 g/mol. The third-order valence-electron chi connectivity index (χ3n) is 6.32. The van der Waals surface area contributed by atoms with Crippen molar-refractivity contribution in [1.29, 1.82) is 0 Å². The molecule has 11 heteroatoms. The van der Waals surface area contributed by atoms with Crippen LogP contribution < -0.4 is 43.2 Å². The molecule has 0 aromatic heterocycles. The molecule has 0 radical (unpaired) electrons. The van der Waals surface area contributed by atoms with Gasteiger partial charge in [0.25, 0.3) is 0 Å². The zero-order chi connectivity index (χ0) is 28.0. The third-order valence-corrected chi connectivity index (χ3v) is 11.1. The van der Waals surface area contributed by atoms with Crippen LogP contribution in [0.3, 0.4) is 0 Å². The van der Waals surface area contributed by atoms with Gasteiger partial charge in [-0.25, -0.2) is 4.79 Å². The summed E-state index contributed by atoms with van der Waals surface area (Å²) in [5, 5.41) is 9.73. The Morgan fingerprint density at radius 3 is 2.56 bits per heavy atom. The van der Waals surface area contributed by atoms with Crippen molar-refractivity contribution in [3.05, 3.63) is 70.7 Å². The van der Waals surface area contributed by atoms with Gasteiger partial charge in [-0.3, -0.25) is 0 Å². The number of nitrogens with one attached hydrogen (secondary N) is 3. The number of hydrogen-bond acceptors (Lipinski definition) is 6. The fourth-order valence-electron chi connectivity index (χ4n) is 3.98. The zero-order valence-electron chi connectivity index (χ0n) is 22.2. The van der Waals surface area contributed by atoms with E-state index in [4.69, 9.17) is 34.3 Å². The molecule has 1 aliphatic heterocycles. The van der Waals surface area contributed by atoms with E-state index in [2.05, 4.69) is 26.0 Å². The molecule has 2 aromatic carbocycles. The normalized spacial score (nSPS) is 16.6. The molecule has 214 valence electrons. The fraction of sp³-hybridized carbons (Fsp3) is 0.464. The molecule has 2 unspecified atom stereocenters. The molecule has 2 amide bonds. The first-order chi connectivity index (χ1) is 18.8. The molecule has 1 heterocycles. The van der Waals surface area contributed by atoms with E-state index in [1.165, 1.54) is 4.43 Å². The van der Waals surface area contributed by atoms with Crippen LogP contribution >= 0.6 is 23.8 Å². The minimum atomic E-state index is -0.668. The van der Waals surface area contributed by atoms with Gasteiger partial charge in [-0.15, -0.1) is 0 Å². The van der Waals surface area contributed by atoms with Crippen LogP contribution in [0.15, 0.2) is 54.6 Å². The summed E-state index contributed by atoms with van der Waals surface area (Å²) in [6, 6.07) is 16.6. The number of thiocarbonyl (C=S) groups is 1. The van der Waals surface area contributed by atoms with E-state index in [0.717, 1.165) is 30.6 Å². The van der Waals surface area contributed by atoms with Gasteiger partial charge in [-0.2, -0.15) is 0 Å². The SMILES string of the molecule is C[C@H]1C[I-]N1CCNC(=S)C(CCCCNC(=O)OCc1ccccc1Cl)NC(=O)C(N)Cc1ccccc1. The number of unbranched alkanes of at least 4 members (excludes halogenated alkanes) is 1. The minimum absolute atomic E-state index is 0.112. The van der Waals surface area contributed by atoms with Crippen LogP contribution in [-0.4, -0.2) is 62.3 Å². The van der Waals surface area contributed by atoms with Gasteiger partial charge in [0.1, 0.15) is 6.61 Å². The van der Waals surface area contributed by atoms with Crippen molar-refractivity contribution in [2.24, 2.45) is 5.73 Å². The van der Waals surface area contributed by atoms with Crippen LogP contribution in [0, 0.1) is 0 Å². The maximum absolute atomic E-state index is 12.9. The molecule has 8 nitrogen and oxygen atoms in total.